The number of hydrogen-bond donors (Lipinski definition) is 2. The van der Waals surface area contributed by atoms with Gasteiger partial charge in [-0.05, 0) is 48.6 Å². The van der Waals surface area contributed by atoms with Crippen molar-refractivity contribution in [2.45, 2.75) is 30.8 Å². The number of nitrogens with one attached hydrogen (secondary N) is 2. The zero-order valence-corrected chi connectivity index (χ0v) is 18.6. The van der Waals surface area contributed by atoms with Crippen LogP contribution in [-0.4, -0.2) is 45.6 Å². The van der Waals surface area contributed by atoms with Crippen LogP contribution in [0.2, 0.25) is 0 Å². The molecule has 0 saturated carbocycles. The predicted octanol–water partition coefficient (Wildman–Crippen LogP) is 2.48. The molecule has 0 radical (unpaired) electrons. The van der Waals surface area contributed by atoms with Crippen molar-refractivity contribution in [3.63, 3.8) is 0 Å². The first-order valence-electron chi connectivity index (χ1n) is 9.64. The molecule has 1 amide bonds. The van der Waals surface area contributed by atoms with Crippen molar-refractivity contribution in [3.05, 3.63) is 53.6 Å². The molecule has 0 fully saturated rings. The average molecular weight is 451 g/mol. The van der Waals surface area contributed by atoms with Crippen LogP contribution in [0, 0.1) is 6.92 Å². The van der Waals surface area contributed by atoms with Gasteiger partial charge in [0.1, 0.15) is 19.3 Å². The summed E-state index contributed by atoms with van der Waals surface area (Å²) < 4.78 is 39.3. The number of rotatable bonds is 9. The van der Waals surface area contributed by atoms with Crippen molar-refractivity contribution >= 4 is 27.7 Å². The van der Waals surface area contributed by atoms with E-state index in [9.17, 15) is 13.2 Å². The highest BCUT2D eigenvalue weighted by Crippen LogP contribution is 2.32. The molecule has 1 unspecified atom stereocenters. The first-order valence-corrected chi connectivity index (χ1v) is 12.5. The van der Waals surface area contributed by atoms with Crippen LogP contribution in [0.15, 0.2) is 47.4 Å². The van der Waals surface area contributed by atoms with E-state index in [2.05, 4.69) is 10.0 Å². The standard InChI is InChI=1S/C21H26N2O5S2/c1-15-5-3-4-6-16(15)14-22-21(24)18(9-12-29-2)23-30(25,26)17-7-8-19-20(13-17)28-11-10-27-19/h3-8,13,18,23H,9-12,14H2,1-2H3,(H,22,24). The summed E-state index contributed by atoms with van der Waals surface area (Å²) in [4.78, 5) is 12.8. The Hall–Kier alpha value is -2.23. The Bertz CT molecular complexity index is 995. The molecule has 162 valence electrons. The summed E-state index contributed by atoms with van der Waals surface area (Å²) in [6, 6.07) is 11.3. The minimum Gasteiger partial charge on any atom is -0.486 e. The van der Waals surface area contributed by atoms with Gasteiger partial charge in [0.05, 0.1) is 4.90 Å². The van der Waals surface area contributed by atoms with Crippen LogP contribution in [0.1, 0.15) is 17.5 Å². The highest BCUT2D eigenvalue weighted by Gasteiger charge is 2.27. The van der Waals surface area contributed by atoms with Gasteiger partial charge in [-0.2, -0.15) is 16.5 Å². The molecule has 0 bridgehead atoms. The third-order valence-electron chi connectivity index (χ3n) is 4.76. The summed E-state index contributed by atoms with van der Waals surface area (Å²) in [6.07, 6.45) is 2.29. The van der Waals surface area contributed by atoms with E-state index in [1.165, 1.54) is 12.1 Å². The maximum atomic E-state index is 12.9. The fourth-order valence-electron chi connectivity index (χ4n) is 3.04. The second-order valence-electron chi connectivity index (χ2n) is 6.91. The largest absolute Gasteiger partial charge is 0.486 e. The van der Waals surface area contributed by atoms with Crippen LogP contribution in [0.3, 0.4) is 0 Å². The van der Waals surface area contributed by atoms with E-state index in [4.69, 9.17) is 9.47 Å². The maximum absolute atomic E-state index is 12.9. The van der Waals surface area contributed by atoms with Gasteiger partial charge >= 0.3 is 0 Å². The van der Waals surface area contributed by atoms with Crippen LogP contribution < -0.4 is 19.5 Å². The van der Waals surface area contributed by atoms with E-state index < -0.39 is 16.1 Å². The zero-order chi connectivity index (χ0) is 21.6. The Balaban J connectivity index is 1.72. The Labute approximate surface area is 181 Å². The Morgan fingerprint density at radius 1 is 1.13 bits per heavy atom. The van der Waals surface area contributed by atoms with Crippen LogP contribution in [0.25, 0.3) is 0 Å². The third-order valence-corrected chi connectivity index (χ3v) is 6.88. The lowest BCUT2D eigenvalue weighted by atomic mass is 10.1. The second kappa shape index (κ2) is 10.2. The number of carbonyl (C=O) groups excluding carboxylic acids is 1. The Kier molecular flexibility index (Phi) is 7.63. The summed E-state index contributed by atoms with van der Waals surface area (Å²) in [6.45, 7) is 3.10. The van der Waals surface area contributed by atoms with Crippen molar-refractivity contribution in [2.24, 2.45) is 0 Å². The van der Waals surface area contributed by atoms with Gasteiger partial charge in [-0.3, -0.25) is 4.79 Å². The highest BCUT2D eigenvalue weighted by atomic mass is 32.2. The minimum absolute atomic E-state index is 0.0348. The topological polar surface area (TPSA) is 93.7 Å². The van der Waals surface area contributed by atoms with Crippen LogP contribution in [-0.2, 0) is 21.4 Å². The first-order chi connectivity index (χ1) is 14.4. The number of amides is 1. The molecule has 7 nitrogen and oxygen atoms in total. The van der Waals surface area contributed by atoms with Crippen molar-refractivity contribution < 1.29 is 22.7 Å². The third kappa shape index (κ3) is 5.68. The smallest absolute Gasteiger partial charge is 0.241 e. The van der Waals surface area contributed by atoms with Gasteiger partial charge in [0.2, 0.25) is 15.9 Å². The number of ether oxygens (including phenoxy) is 2. The molecule has 0 saturated heterocycles. The number of hydrogen-bond acceptors (Lipinski definition) is 6. The Morgan fingerprint density at radius 3 is 2.60 bits per heavy atom. The van der Waals surface area contributed by atoms with Gasteiger partial charge in [0, 0.05) is 12.6 Å². The van der Waals surface area contributed by atoms with E-state index in [0.29, 0.717) is 43.4 Å². The van der Waals surface area contributed by atoms with E-state index in [-0.39, 0.29) is 10.8 Å². The van der Waals surface area contributed by atoms with Gasteiger partial charge in [-0.15, -0.1) is 0 Å². The maximum Gasteiger partial charge on any atom is 0.241 e. The number of fused-ring (bicyclic) bond motifs is 1. The molecule has 1 aliphatic heterocycles. The molecule has 1 atom stereocenters. The number of carbonyl (C=O) groups is 1. The van der Waals surface area contributed by atoms with Crippen LogP contribution in [0.5, 0.6) is 11.5 Å². The Morgan fingerprint density at radius 2 is 1.87 bits per heavy atom. The quantitative estimate of drug-likeness (QED) is 0.610. The number of thioether (sulfide) groups is 1. The molecule has 30 heavy (non-hydrogen) atoms. The van der Waals surface area contributed by atoms with E-state index in [1.54, 1.807) is 17.8 Å². The average Bonchev–Trinajstić information content (AvgIpc) is 2.75. The predicted molar refractivity (Wildman–Crippen MR) is 118 cm³/mol. The lowest BCUT2D eigenvalue weighted by molar-refractivity contribution is -0.122. The SMILES string of the molecule is CSCCC(NS(=O)(=O)c1ccc2c(c1)OCCO2)C(=O)NCc1ccccc1C. The fourth-order valence-corrected chi connectivity index (χ4v) is 4.76. The molecule has 9 heteroatoms. The number of aryl methyl sites for hydroxylation is 1. The summed E-state index contributed by atoms with van der Waals surface area (Å²) in [5.74, 6) is 1.18. The van der Waals surface area contributed by atoms with Crippen molar-refractivity contribution in [1.82, 2.24) is 10.0 Å². The first kappa shape index (κ1) is 22.5. The van der Waals surface area contributed by atoms with Gasteiger partial charge in [0.15, 0.2) is 11.5 Å². The molecular formula is C21H26N2O5S2. The lowest BCUT2D eigenvalue weighted by Crippen LogP contribution is -2.46. The minimum atomic E-state index is -3.92. The van der Waals surface area contributed by atoms with Crippen molar-refractivity contribution in [1.29, 1.82) is 0 Å². The van der Waals surface area contributed by atoms with Gasteiger partial charge in [-0.25, -0.2) is 8.42 Å². The van der Waals surface area contributed by atoms with Gasteiger partial charge in [0.25, 0.3) is 0 Å². The molecule has 0 aliphatic carbocycles. The molecule has 2 N–H and O–H groups in total. The molecule has 3 rings (SSSR count). The van der Waals surface area contributed by atoms with E-state index in [1.807, 2.05) is 37.4 Å². The van der Waals surface area contributed by atoms with Gasteiger partial charge in [-0.1, -0.05) is 24.3 Å². The fraction of sp³-hybridized carbons (Fsp3) is 0.381. The molecule has 1 aliphatic rings. The van der Waals surface area contributed by atoms with Gasteiger partial charge < -0.3 is 14.8 Å². The summed E-state index contributed by atoms with van der Waals surface area (Å²) in [7, 11) is -3.92. The van der Waals surface area contributed by atoms with Crippen molar-refractivity contribution in [2.75, 3.05) is 25.2 Å². The summed E-state index contributed by atoms with van der Waals surface area (Å²) in [5, 5.41) is 2.85. The second-order valence-corrected chi connectivity index (χ2v) is 9.60. The highest BCUT2D eigenvalue weighted by molar-refractivity contribution is 7.98. The van der Waals surface area contributed by atoms with Crippen LogP contribution in [0.4, 0.5) is 0 Å². The molecule has 2 aromatic carbocycles. The lowest BCUT2D eigenvalue weighted by Gasteiger charge is -2.21. The van der Waals surface area contributed by atoms with E-state index in [0.717, 1.165) is 11.1 Å². The monoisotopic (exact) mass is 450 g/mol. The normalized spacial score (nSPS) is 14.2. The molecule has 0 aromatic heterocycles. The van der Waals surface area contributed by atoms with Crippen LogP contribution >= 0.6 is 11.8 Å². The van der Waals surface area contributed by atoms with E-state index >= 15 is 0 Å². The molecule has 1 heterocycles. The zero-order valence-electron chi connectivity index (χ0n) is 17.0. The number of sulfonamides is 1. The van der Waals surface area contributed by atoms with Crippen molar-refractivity contribution in [3.8, 4) is 11.5 Å². The summed E-state index contributed by atoms with van der Waals surface area (Å²) in [5.41, 5.74) is 2.06. The molecular weight excluding hydrogens is 424 g/mol. The molecule has 2 aromatic rings. The molecule has 0 spiro atoms. The summed E-state index contributed by atoms with van der Waals surface area (Å²) >= 11 is 1.55. The number of benzene rings is 2.